The molecule has 176 valence electrons. The van der Waals surface area contributed by atoms with E-state index >= 15 is 0 Å². The first kappa shape index (κ1) is 22.7. The SMILES string of the molecule is Cc1c(NC(=O)c2ccc(=O)n(Cc3ccccc3)n2)cccc1C(=O)N1CCc2sccc2C1. The third-order valence-corrected chi connectivity index (χ3v) is 7.20. The third kappa shape index (κ3) is 4.79. The Labute approximate surface area is 206 Å². The summed E-state index contributed by atoms with van der Waals surface area (Å²) in [5.41, 5.74) is 3.74. The van der Waals surface area contributed by atoms with Gasteiger partial charge >= 0.3 is 0 Å². The molecule has 0 atom stereocenters. The Hall–Kier alpha value is -4.04. The topological polar surface area (TPSA) is 84.3 Å². The van der Waals surface area contributed by atoms with E-state index in [1.54, 1.807) is 29.5 Å². The van der Waals surface area contributed by atoms with Gasteiger partial charge in [0, 0.05) is 35.3 Å². The van der Waals surface area contributed by atoms with Crippen molar-refractivity contribution in [3.63, 3.8) is 0 Å². The molecule has 0 bridgehead atoms. The van der Waals surface area contributed by atoms with Crippen molar-refractivity contribution in [1.29, 1.82) is 0 Å². The molecule has 1 N–H and O–H groups in total. The van der Waals surface area contributed by atoms with Crippen LogP contribution in [0.2, 0.25) is 0 Å². The van der Waals surface area contributed by atoms with Crippen molar-refractivity contribution < 1.29 is 9.59 Å². The molecular weight excluding hydrogens is 460 g/mol. The van der Waals surface area contributed by atoms with Gasteiger partial charge in [0.1, 0.15) is 5.69 Å². The summed E-state index contributed by atoms with van der Waals surface area (Å²) >= 11 is 1.73. The van der Waals surface area contributed by atoms with Crippen molar-refractivity contribution in [2.75, 3.05) is 11.9 Å². The highest BCUT2D eigenvalue weighted by molar-refractivity contribution is 7.10. The van der Waals surface area contributed by atoms with Gasteiger partial charge in [0.05, 0.1) is 6.54 Å². The molecule has 5 rings (SSSR count). The number of rotatable bonds is 5. The van der Waals surface area contributed by atoms with Crippen LogP contribution in [-0.4, -0.2) is 33.0 Å². The zero-order valence-corrected chi connectivity index (χ0v) is 20.0. The van der Waals surface area contributed by atoms with Gasteiger partial charge in [-0.2, -0.15) is 5.10 Å². The molecule has 1 aliphatic rings. The number of anilines is 1. The zero-order chi connectivity index (χ0) is 24.4. The molecule has 2 amide bonds. The molecule has 0 fully saturated rings. The van der Waals surface area contributed by atoms with Gasteiger partial charge in [0.2, 0.25) is 0 Å². The number of carbonyl (C=O) groups excluding carboxylic acids is 2. The summed E-state index contributed by atoms with van der Waals surface area (Å²) in [5, 5.41) is 9.19. The first-order chi connectivity index (χ1) is 17.0. The molecule has 3 heterocycles. The lowest BCUT2D eigenvalue weighted by atomic mass is 10.0. The van der Waals surface area contributed by atoms with Crippen LogP contribution in [0.1, 0.15) is 42.4 Å². The molecule has 0 radical (unpaired) electrons. The number of hydrogen-bond acceptors (Lipinski definition) is 5. The number of fused-ring (bicyclic) bond motifs is 1. The summed E-state index contributed by atoms with van der Waals surface area (Å²) in [6.07, 6.45) is 0.860. The number of thiophene rings is 1. The monoisotopic (exact) mass is 484 g/mol. The number of nitrogens with one attached hydrogen (secondary N) is 1. The van der Waals surface area contributed by atoms with Gasteiger partial charge in [0.25, 0.3) is 17.4 Å². The minimum atomic E-state index is -0.444. The fraction of sp³-hybridized carbons (Fsp3) is 0.185. The summed E-state index contributed by atoms with van der Waals surface area (Å²) in [6, 6.07) is 19.6. The van der Waals surface area contributed by atoms with Crippen LogP contribution in [0.4, 0.5) is 5.69 Å². The highest BCUT2D eigenvalue weighted by Crippen LogP contribution is 2.27. The lowest BCUT2D eigenvalue weighted by Crippen LogP contribution is -2.35. The molecule has 0 spiro atoms. The van der Waals surface area contributed by atoms with Gasteiger partial charge in [-0.25, -0.2) is 4.68 Å². The molecule has 2 aromatic heterocycles. The van der Waals surface area contributed by atoms with Crippen molar-refractivity contribution in [3.05, 3.63) is 115 Å². The van der Waals surface area contributed by atoms with Crippen molar-refractivity contribution >= 4 is 28.8 Å². The lowest BCUT2D eigenvalue weighted by Gasteiger charge is -2.28. The van der Waals surface area contributed by atoms with Crippen LogP contribution >= 0.6 is 11.3 Å². The average molecular weight is 485 g/mol. The second-order valence-corrected chi connectivity index (χ2v) is 9.48. The maximum Gasteiger partial charge on any atom is 0.276 e. The van der Waals surface area contributed by atoms with E-state index in [-0.39, 0.29) is 23.7 Å². The van der Waals surface area contributed by atoms with E-state index in [0.29, 0.717) is 29.9 Å². The predicted molar refractivity (Wildman–Crippen MR) is 136 cm³/mol. The van der Waals surface area contributed by atoms with E-state index in [1.807, 2.05) is 42.2 Å². The maximum absolute atomic E-state index is 13.3. The molecular formula is C27H24N4O3S. The van der Waals surface area contributed by atoms with Crippen LogP contribution in [0.3, 0.4) is 0 Å². The van der Waals surface area contributed by atoms with Gasteiger partial charge in [0.15, 0.2) is 0 Å². The molecule has 35 heavy (non-hydrogen) atoms. The first-order valence-corrected chi connectivity index (χ1v) is 12.2. The predicted octanol–water partition coefficient (Wildman–Crippen LogP) is 4.11. The van der Waals surface area contributed by atoms with E-state index < -0.39 is 5.91 Å². The Kier molecular flexibility index (Phi) is 6.29. The summed E-state index contributed by atoms with van der Waals surface area (Å²) in [6.45, 7) is 3.37. The molecule has 0 unspecified atom stereocenters. The molecule has 2 aromatic carbocycles. The van der Waals surface area contributed by atoms with Crippen LogP contribution in [0.15, 0.2) is 76.9 Å². The molecule has 4 aromatic rings. The number of aromatic nitrogens is 2. The quantitative estimate of drug-likeness (QED) is 0.462. The summed E-state index contributed by atoms with van der Waals surface area (Å²) in [5.74, 6) is -0.495. The largest absolute Gasteiger partial charge is 0.334 e. The van der Waals surface area contributed by atoms with Crippen LogP contribution < -0.4 is 10.9 Å². The Bertz CT molecular complexity index is 1460. The van der Waals surface area contributed by atoms with Gasteiger partial charge in [-0.05, 0) is 59.7 Å². The highest BCUT2D eigenvalue weighted by Gasteiger charge is 2.24. The minimum Gasteiger partial charge on any atom is -0.334 e. The first-order valence-electron chi connectivity index (χ1n) is 11.4. The normalized spacial score (nSPS) is 12.8. The summed E-state index contributed by atoms with van der Waals surface area (Å²) in [4.78, 5) is 41.7. The highest BCUT2D eigenvalue weighted by atomic mass is 32.1. The second kappa shape index (κ2) is 9.68. The fourth-order valence-corrected chi connectivity index (χ4v) is 5.11. The summed E-state index contributed by atoms with van der Waals surface area (Å²) < 4.78 is 1.27. The standard InChI is InChI=1S/C27H24N4O3S/c1-18-21(27(34)30-14-12-24-20(17-30)13-15-35-24)8-5-9-22(18)28-26(33)23-10-11-25(32)31(29-23)16-19-6-3-2-4-7-19/h2-11,13,15H,12,14,16-17H2,1H3,(H,28,33). The zero-order valence-electron chi connectivity index (χ0n) is 19.2. The summed E-state index contributed by atoms with van der Waals surface area (Å²) in [7, 11) is 0. The van der Waals surface area contributed by atoms with E-state index in [0.717, 1.165) is 12.0 Å². The minimum absolute atomic E-state index is 0.0509. The number of nitrogens with zero attached hydrogens (tertiary/aromatic N) is 3. The number of amides is 2. The van der Waals surface area contributed by atoms with Crippen LogP contribution in [0.25, 0.3) is 0 Å². The van der Waals surface area contributed by atoms with Crippen LogP contribution in [0.5, 0.6) is 0 Å². The molecule has 8 heteroatoms. The van der Waals surface area contributed by atoms with E-state index in [9.17, 15) is 14.4 Å². The maximum atomic E-state index is 13.3. The van der Waals surface area contributed by atoms with Crippen molar-refractivity contribution in [2.24, 2.45) is 0 Å². The van der Waals surface area contributed by atoms with Crippen LogP contribution in [-0.2, 0) is 19.5 Å². The lowest BCUT2D eigenvalue weighted by molar-refractivity contribution is 0.0735. The molecule has 1 aliphatic heterocycles. The fourth-order valence-electron chi connectivity index (χ4n) is 4.22. The van der Waals surface area contributed by atoms with E-state index in [2.05, 4.69) is 21.9 Å². The molecule has 0 saturated carbocycles. The average Bonchev–Trinajstić information content (AvgIpc) is 3.35. The van der Waals surface area contributed by atoms with Gasteiger partial charge in [-0.1, -0.05) is 36.4 Å². The molecule has 0 aliphatic carbocycles. The number of carbonyl (C=O) groups is 2. The Morgan fingerprint density at radius 3 is 2.69 bits per heavy atom. The van der Waals surface area contributed by atoms with Gasteiger partial charge in [-0.3, -0.25) is 14.4 Å². The van der Waals surface area contributed by atoms with Crippen LogP contribution in [0, 0.1) is 6.92 Å². The second-order valence-electron chi connectivity index (χ2n) is 8.48. The number of hydrogen-bond donors (Lipinski definition) is 1. The molecule has 7 nitrogen and oxygen atoms in total. The Balaban J connectivity index is 1.34. The van der Waals surface area contributed by atoms with Gasteiger partial charge in [-0.15, -0.1) is 11.3 Å². The van der Waals surface area contributed by atoms with E-state index in [1.165, 1.54) is 27.3 Å². The third-order valence-electron chi connectivity index (χ3n) is 6.18. The van der Waals surface area contributed by atoms with Crippen molar-refractivity contribution in [1.82, 2.24) is 14.7 Å². The smallest absolute Gasteiger partial charge is 0.276 e. The Morgan fingerprint density at radius 1 is 1.03 bits per heavy atom. The van der Waals surface area contributed by atoms with Crippen molar-refractivity contribution in [2.45, 2.75) is 26.4 Å². The number of benzene rings is 2. The van der Waals surface area contributed by atoms with Crippen molar-refractivity contribution in [3.8, 4) is 0 Å². The molecule has 0 saturated heterocycles. The van der Waals surface area contributed by atoms with Gasteiger partial charge < -0.3 is 10.2 Å². The van der Waals surface area contributed by atoms with E-state index in [4.69, 9.17) is 0 Å². The Morgan fingerprint density at radius 2 is 1.86 bits per heavy atom.